The number of rotatable bonds is 4. The molecule has 1 amide bonds. The molecule has 1 saturated heterocycles. The number of aromatic nitrogens is 1. The standard InChI is InChI=1S/C25H21N3O6S/c26-35(32,33)18-9-7-17(8-10-18)28-22(19-5-1-2-12-27-19)21(24(30)25(28)31)23(29)16-6-11-20-15(14-16)4-3-13-34-20/h1-2,5-12,14,22,29H,3-4,13H2,(H2,26,32,33)/b23-21-. The maximum Gasteiger partial charge on any atom is 0.300 e. The third-order valence-corrected chi connectivity index (χ3v) is 6.97. The van der Waals surface area contributed by atoms with Gasteiger partial charge in [-0.1, -0.05) is 6.07 Å². The molecule has 1 aromatic heterocycles. The Balaban J connectivity index is 1.66. The van der Waals surface area contributed by atoms with Crippen molar-refractivity contribution in [3.8, 4) is 5.75 Å². The molecule has 1 fully saturated rings. The number of aliphatic hydroxyl groups is 1. The molecule has 5 rings (SSSR count). The van der Waals surface area contributed by atoms with Crippen LogP contribution in [0, 0.1) is 0 Å². The van der Waals surface area contributed by atoms with Crippen LogP contribution in [0.3, 0.4) is 0 Å². The maximum absolute atomic E-state index is 13.2. The van der Waals surface area contributed by atoms with Gasteiger partial charge in [-0.2, -0.15) is 0 Å². The van der Waals surface area contributed by atoms with Crippen molar-refractivity contribution in [3.63, 3.8) is 0 Å². The summed E-state index contributed by atoms with van der Waals surface area (Å²) in [7, 11) is -3.94. The molecule has 3 aromatic rings. The molecular formula is C25H21N3O6S. The number of carbonyl (C=O) groups excluding carboxylic acids is 2. The Labute approximate surface area is 201 Å². The number of aliphatic hydroxyl groups excluding tert-OH is 1. The van der Waals surface area contributed by atoms with Crippen molar-refractivity contribution in [1.82, 2.24) is 4.98 Å². The van der Waals surface area contributed by atoms with Crippen molar-refractivity contribution < 1.29 is 27.9 Å². The van der Waals surface area contributed by atoms with Gasteiger partial charge in [0.2, 0.25) is 10.0 Å². The number of sulfonamides is 1. The van der Waals surface area contributed by atoms with Gasteiger partial charge in [0.25, 0.3) is 11.7 Å². The van der Waals surface area contributed by atoms with Crippen LogP contribution in [-0.4, -0.2) is 36.8 Å². The zero-order valence-electron chi connectivity index (χ0n) is 18.4. The largest absolute Gasteiger partial charge is 0.507 e. The first-order chi connectivity index (χ1) is 16.8. The van der Waals surface area contributed by atoms with Crippen LogP contribution in [0.15, 0.2) is 77.3 Å². The minimum absolute atomic E-state index is 0.110. The lowest BCUT2D eigenvalue weighted by molar-refractivity contribution is -0.132. The molecule has 10 heteroatoms. The fourth-order valence-corrected chi connectivity index (χ4v) is 4.89. The molecular weight excluding hydrogens is 470 g/mol. The van der Waals surface area contributed by atoms with Crippen LogP contribution in [0.1, 0.15) is 29.3 Å². The summed E-state index contributed by atoms with van der Waals surface area (Å²) in [5.41, 5.74) is 1.80. The van der Waals surface area contributed by atoms with Gasteiger partial charge in [0.05, 0.1) is 22.8 Å². The number of benzene rings is 2. The Kier molecular flexibility index (Phi) is 5.62. The van der Waals surface area contributed by atoms with E-state index < -0.39 is 27.8 Å². The fourth-order valence-electron chi connectivity index (χ4n) is 4.38. The van der Waals surface area contributed by atoms with Crippen molar-refractivity contribution in [2.75, 3.05) is 11.5 Å². The van der Waals surface area contributed by atoms with Gasteiger partial charge in [-0.05, 0) is 73.0 Å². The molecule has 3 N–H and O–H groups in total. The number of primary sulfonamides is 1. The SMILES string of the molecule is NS(=O)(=O)c1ccc(N2C(=O)C(=O)/C(=C(\O)c3ccc4c(c3)CCCO4)C2c2ccccn2)cc1. The monoisotopic (exact) mass is 491 g/mol. The number of anilines is 1. The molecule has 178 valence electrons. The van der Waals surface area contributed by atoms with Gasteiger partial charge in [0, 0.05) is 17.4 Å². The normalized spacial score (nSPS) is 19.3. The van der Waals surface area contributed by atoms with Crippen LogP contribution in [0.25, 0.3) is 5.76 Å². The average molecular weight is 492 g/mol. The molecule has 0 spiro atoms. The Bertz CT molecular complexity index is 1470. The lowest BCUT2D eigenvalue weighted by atomic mass is 9.96. The molecule has 0 bridgehead atoms. The first-order valence-corrected chi connectivity index (χ1v) is 12.4. The lowest BCUT2D eigenvalue weighted by Gasteiger charge is -2.25. The van der Waals surface area contributed by atoms with Crippen LogP contribution >= 0.6 is 0 Å². The van der Waals surface area contributed by atoms with Crippen molar-refractivity contribution in [2.24, 2.45) is 5.14 Å². The number of ketones is 1. The Morgan fingerprint density at radius 2 is 1.86 bits per heavy atom. The van der Waals surface area contributed by atoms with Gasteiger partial charge in [-0.15, -0.1) is 0 Å². The van der Waals surface area contributed by atoms with Gasteiger partial charge >= 0.3 is 0 Å². The highest BCUT2D eigenvalue weighted by Crippen LogP contribution is 2.42. The van der Waals surface area contributed by atoms with Gasteiger partial charge in [0.1, 0.15) is 17.6 Å². The molecule has 0 radical (unpaired) electrons. The molecule has 1 unspecified atom stereocenters. The summed E-state index contributed by atoms with van der Waals surface area (Å²) in [5.74, 6) is -1.34. The Morgan fingerprint density at radius 3 is 2.54 bits per heavy atom. The summed E-state index contributed by atoms with van der Waals surface area (Å²) in [6.07, 6.45) is 3.13. The van der Waals surface area contributed by atoms with E-state index in [1.165, 1.54) is 35.4 Å². The summed E-state index contributed by atoms with van der Waals surface area (Å²) in [4.78, 5) is 31.8. The van der Waals surface area contributed by atoms with Gasteiger partial charge in [0.15, 0.2) is 0 Å². The second-order valence-electron chi connectivity index (χ2n) is 8.24. The number of nitrogens with two attached hydrogens (primary N) is 1. The van der Waals surface area contributed by atoms with Crippen LogP contribution < -0.4 is 14.8 Å². The van der Waals surface area contributed by atoms with Gasteiger partial charge in [-0.25, -0.2) is 13.6 Å². The van der Waals surface area contributed by atoms with E-state index in [2.05, 4.69) is 4.98 Å². The molecule has 0 aliphatic carbocycles. The highest BCUT2D eigenvalue weighted by molar-refractivity contribution is 7.89. The van der Waals surface area contributed by atoms with Crippen LogP contribution in [0.4, 0.5) is 5.69 Å². The number of amides is 1. The zero-order chi connectivity index (χ0) is 24.7. The number of pyridine rings is 1. The molecule has 3 heterocycles. The van der Waals surface area contributed by atoms with E-state index in [1.54, 1.807) is 36.4 Å². The topological polar surface area (TPSA) is 140 Å². The van der Waals surface area contributed by atoms with Gasteiger partial charge < -0.3 is 9.84 Å². The van der Waals surface area contributed by atoms with Crippen molar-refractivity contribution >= 4 is 33.2 Å². The van der Waals surface area contributed by atoms with E-state index in [9.17, 15) is 23.1 Å². The third-order valence-electron chi connectivity index (χ3n) is 6.04. The van der Waals surface area contributed by atoms with Crippen LogP contribution in [0.2, 0.25) is 0 Å². The second kappa shape index (κ2) is 8.64. The molecule has 35 heavy (non-hydrogen) atoms. The second-order valence-corrected chi connectivity index (χ2v) is 9.80. The molecule has 9 nitrogen and oxygen atoms in total. The predicted molar refractivity (Wildman–Crippen MR) is 127 cm³/mol. The molecule has 2 aliphatic heterocycles. The van der Waals surface area contributed by atoms with E-state index in [-0.39, 0.29) is 21.9 Å². The fraction of sp³-hybridized carbons (Fsp3) is 0.160. The summed E-state index contributed by atoms with van der Waals surface area (Å²) >= 11 is 0. The molecule has 2 aliphatic rings. The Morgan fingerprint density at radius 1 is 1.09 bits per heavy atom. The molecule has 0 saturated carbocycles. The van der Waals surface area contributed by atoms with E-state index in [4.69, 9.17) is 9.88 Å². The summed E-state index contributed by atoms with van der Waals surface area (Å²) in [6.45, 7) is 0.618. The first-order valence-electron chi connectivity index (χ1n) is 10.9. The number of carbonyl (C=O) groups is 2. The highest BCUT2D eigenvalue weighted by atomic mass is 32.2. The van der Waals surface area contributed by atoms with Crippen molar-refractivity contribution in [2.45, 2.75) is 23.8 Å². The zero-order valence-corrected chi connectivity index (χ0v) is 19.2. The quantitative estimate of drug-likeness (QED) is 0.325. The summed E-state index contributed by atoms with van der Waals surface area (Å²) < 4.78 is 28.9. The number of aryl methyl sites for hydroxylation is 1. The highest BCUT2D eigenvalue weighted by Gasteiger charge is 2.47. The van der Waals surface area contributed by atoms with Crippen molar-refractivity contribution in [1.29, 1.82) is 0 Å². The van der Waals surface area contributed by atoms with Gasteiger partial charge in [-0.3, -0.25) is 19.5 Å². The van der Waals surface area contributed by atoms with E-state index in [1.807, 2.05) is 0 Å². The predicted octanol–water partition coefficient (Wildman–Crippen LogP) is 2.68. The minimum Gasteiger partial charge on any atom is -0.507 e. The van der Waals surface area contributed by atoms with Crippen LogP contribution in [-0.2, 0) is 26.0 Å². The summed E-state index contributed by atoms with van der Waals surface area (Å²) in [6, 6.07) is 14.4. The summed E-state index contributed by atoms with van der Waals surface area (Å²) in [5, 5.41) is 16.5. The van der Waals surface area contributed by atoms with E-state index >= 15 is 0 Å². The third kappa shape index (κ3) is 4.07. The lowest BCUT2D eigenvalue weighted by Crippen LogP contribution is -2.29. The maximum atomic E-state index is 13.2. The number of fused-ring (bicyclic) bond motifs is 1. The average Bonchev–Trinajstić information content (AvgIpc) is 3.13. The number of hydrogen-bond donors (Lipinski definition) is 2. The van der Waals surface area contributed by atoms with Crippen LogP contribution in [0.5, 0.6) is 5.75 Å². The van der Waals surface area contributed by atoms with Crippen molar-refractivity contribution in [3.05, 3.63) is 89.3 Å². The number of nitrogens with zero attached hydrogens (tertiary/aromatic N) is 2. The smallest absolute Gasteiger partial charge is 0.300 e. The van der Waals surface area contributed by atoms with E-state index in [0.717, 1.165) is 24.2 Å². The number of hydrogen-bond acceptors (Lipinski definition) is 7. The molecule has 1 atom stereocenters. The number of ether oxygens (including phenoxy) is 1. The molecule has 2 aromatic carbocycles. The minimum atomic E-state index is -3.94. The first kappa shape index (κ1) is 22.8. The Hall–Kier alpha value is -4.02. The van der Waals surface area contributed by atoms with E-state index in [0.29, 0.717) is 17.9 Å². The number of Topliss-reactive ketones (excluding diaryl/α,β-unsaturated/α-hetero) is 1.